The van der Waals surface area contributed by atoms with E-state index in [1.54, 1.807) is 0 Å². The van der Waals surface area contributed by atoms with Gasteiger partial charge < -0.3 is 24.3 Å². The molecule has 1 heterocycles. The van der Waals surface area contributed by atoms with Crippen molar-refractivity contribution in [2.45, 2.75) is 59.6 Å². The number of rotatable bonds is 11. The molecule has 1 aromatic heterocycles. The quantitative estimate of drug-likeness (QED) is 0.377. The molecule has 0 spiro atoms. The number of esters is 2. The van der Waals surface area contributed by atoms with Crippen molar-refractivity contribution in [3.63, 3.8) is 0 Å². The van der Waals surface area contributed by atoms with Crippen LogP contribution < -0.4 is 14.8 Å². The molecule has 0 aliphatic carbocycles. The minimum atomic E-state index is -0.954. The summed E-state index contributed by atoms with van der Waals surface area (Å²) in [5.41, 5.74) is 2.11. The topological polar surface area (TPSA) is 113 Å². The Morgan fingerprint density at radius 3 is 2.26 bits per heavy atom. The van der Waals surface area contributed by atoms with Gasteiger partial charge in [-0.25, -0.2) is 9.78 Å². The van der Waals surface area contributed by atoms with E-state index in [1.807, 2.05) is 38.1 Å². The highest BCUT2D eigenvalue weighted by atomic mass is 16.7. The summed E-state index contributed by atoms with van der Waals surface area (Å²) in [6.07, 6.45) is 0.953. The van der Waals surface area contributed by atoms with Gasteiger partial charge in [0.2, 0.25) is 6.79 Å². The Balaban J connectivity index is 2.11. The first kappa shape index (κ1) is 27.6. The summed E-state index contributed by atoms with van der Waals surface area (Å²) in [5, 5.41) is 2.59. The van der Waals surface area contributed by atoms with E-state index in [2.05, 4.69) is 24.1 Å². The average Bonchev–Trinajstić information content (AvgIpc) is 2.79. The van der Waals surface area contributed by atoms with Crippen LogP contribution in [0.5, 0.6) is 11.5 Å². The molecular weight excluding hydrogens is 452 g/mol. The van der Waals surface area contributed by atoms with E-state index in [4.69, 9.17) is 18.9 Å². The van der Waals surface area contributed by atoms with Gasteiger partial charge >= 0.3 is 11.9 Å². The molecule has 0 radical (unpaired) electrons. The van der Waals surface area contributed by atoms with Crippen LogP contribution >= 0.6 is 0 Å². The molecule has 9 nitrogen and oxygen atoms in total. The van der Waals surface area contributed by atoms with Crippen molar-refractivity contribution in [2.75, 3.05) is 13.9 Å². The lowest BCUT2D eigenvalue weighted by molar-refractivity contribution is -0.152. The maximum atomic E-state index is 12.9. The summed E-state index contributed by atoms with van der Waals surface area (Å²) in [6.45, 7) is 10.4. The molecule has 1 N–H and O–H groups in total. The fourth-order valence-electron chi connectivity index (χ4n) is 3.73. The molecule has 2 rings (SSSR count). The van der Waals surface area contributed by atoms with Crippen molar-refractivity contribution in [1.82, 2.24) is 10.3 Å². The average molecular weight is 487 g/mol. The van der Waals surface area contributed by atoms with E-state index in [0.29, 0.717) is 0 Å². The Hall–Kier alpha value is -3.62. The molecule has 0 fully saturated rings. The van der Waals surface area contributed by atoms with E-state index in [-0.39, 0.29) is 29.0 Å². The zero-order valence-corrected chi connectivity index (χ0v) is 21.3. The number of benzene rings is 1. The van der Waals surface area contributed by atoms with Gasteiger partial charge in [-0.2, -0.15) is 0 Å². The van der Waals surface area contributed by atoms with Crippen molar-refractivity contribution in [3.05, 3.63) is 53.3 Å². The highest BCUT2D eigenvalue weighted by Crippen LogP contribution is 2.31. The number of carbonyl (C=O) groups excluding carboxylic acids is 3. The molecule has 0 unspecified atom stereocenters. The minimum absolute atomic E-state index is 0.0104. The molecule has 0 saturated heterocycles. The SMILES string of the molecule is COc1ccnc(C(=O)N[C@@H](C)C(=O)O[C@@H](C)[C@H](c2ccc(C)cc2)C(C)C)c1OCOC(C)=O. The van der Waals surface area contributed by atoms with Crippen LogP contribution in [-0.4, -0.2) is 48.9 Å². The summed E-state index contributed by atoms with van der Waals surface area (Å²) in [7, 11) is 1.40. The summed E-state index contributed by atoms with van der Waals surface area (Å²) in [4.78, 5) is 40.8. The van der Waals surface area contributed by atoms with E-state index in [9.17, 15) is 14.4 Å². The second-order valence-electron chi connectivity index (χ2n) is 8.61. The van der Waals surface area contributed by atoms with E-state index in [0.717, 1.165) is 11.1 Å². The Morgan fingerprint density at radius 1 is 1.03 bits per heavy atom. The fourth-order valence-corrected chi connectivity index (χ4v) is 3.73. The van der Waals surface area contributed by atoms with Crippen molar-refractivity contribution in [3.8, 4) is 11.5 Å². The standard InChI is InChI=1S/C26H34N2O7/c1-15(2)22(20-10-8-16(3)9-11-20)18(5)35-26(31)17(4)28-25(30)23-24(34-14-33-19(6)29)21(32-7)12-13-27-23/h8-13,15,17-18,22H,14H2,1-7H3,(H,28,30)/t17-,18-,22+/m0/s1. The van der Waals surface area contributed by atoms with Crippen molar-refractivity contribution in [2.24, 2.45) is 5.92 Å². The van der Waals surface area contributed by atoms with Gasteiger partial charge in [-0.1, -0.05) is 43.7 Å². The van der Waals surface area contributed by atoms with Gasteiger partial charge in [0, 0.05) is 25.1 Å². The van der Waals surface area contributed by atoms with Crippen molar-refractivity contribution < 1.29 is 33.3 Å². The Labute approximate surface area is 206 Å². The lowest BCUT2D eigenvalue weighted by Gasteiger charge is -2.29. The first-order valence-electron chi connectivity index (χ1n) is 11.4. The molecule has 9 heteroatoms. The van der Waals surface area contributed by atoms with Crippen LogP contribution in [-0.2, 0) is 19.1 Å². The van der Waals surface area contributed by atoms with Crippen LogP contribution in [0.1, 0.15) is 62.2 Å². The predicted octanol–water partition coefficient (Wildman–Crippen LogP) is 3.79. The zero-order chi connectivity index (χ0) is 26.1. The number of ether oxygens (including phenoxy) is 4. The highest BCUT2D eigenvalue weighted by Gasteiger charge is 2.29. The third kappa shape index (κ3) is 7.70. The number of carbonyl (C=O) groups is 3. The molecular formula is C26H34N2O7. The van der Waals surface area contributed by atoms with Gasteiger partial charge in [0.05, 0.1) is 7.11 Å². The lowest BCUT2D eigenvalue weighted by atomic mass is 9.84. The third-order valence-corrected chi connectivity index (χ3v) is 5.46. The van der Waals surface area contributed by atoms with Crippen LogP contribution in [0.4, 0.5) is 0 Å². The normalized spacial score (nSPS) is 13.4. The van der Waals surface area contributed by atoms with E-state index < -0.39 is 36.8 Å². The number of amides is 1. The van der Waals surface area contributed by atoms with Crippen LogP contribution in [0.3, 0.4) is 0 Å². The number of methoxy groups -OCH3 is 1. The maximum Gasteiger partial charge on any atom is 0.328 e. The van der Waals surface area contributed by atoms with E-state index in [1.165, 1.54) is 33.2 Å². The summed E-state index contributed by atoms with van der Waals surface area (Å²) >= 11 is 0. The molecule has 190 valence electrons. The summed E-state index contributed by atoms with van der Waals surface area (Å²) in [5.74, 6) is -1.37. The van der Waals surface area contributed by atoms with Gasteiger partial charge in [0.1, 0.15) is 12.1 Å². The highest BCUT2D eigenvalue weighted by molar-refractivity contribution is 5.98. The second kappa shape index (κ2) is 12.7. The molecule has 2 aromatic rings. The molecule has 0 bridgehead atoms. The van der Waals surface area contributed by atoms with Gasteiger partial charge in [0.15, 0.2) is 17.2 Å². The van der Waals surface area contributed by atoms with Crippen molar-refractivity contribution in [1.29, 1.82) is 0 Å². The van der Waals surface area contributed by atoms with Crippen LogP contribution in [0.15, 0.2) is 36.5 Å². The molecule has 0 aliphatic rings. The Morgan fingerprint density at radius 2 is 1.69 bits per heavy atom. The van der Waals surface area contributed by atoms with Gasteiger partial charge in [-0.3, -0.25) is 9.59 Å². The van der Waals surface area contributed by atoms with Crippen LogP contribution in [0, 0.1) is 12.8 Å². The van der Waals surface area contributed by atoms with Gasteiger partial charge in [-0.05, 0) is 32.3 Å². The number of hydrogen-bond donors (Lipinski definition) is 1. The van der Waals surface area contributed by atoms with Gasteiger partial charge in [-0.15, -0.1) is 0 Å². The van der Waals surface area contributed by atoms with Gasteiger partial charge in [0.25, 0.3) is 5.91 Å². The summed E-state index contributed by atoms with van der Waals surface area (Å²) < 4.78 is 21.1. The third-order valence-electron chi connectivity index (χ3n) is 5.46. The largest absolute Gasteiger partial charge is 0.493 e. The number of pyridine rings is 1. The Bertz CT molecular complexity index is 1020. The summed E-state index contributed by atoms with van der Waals surface area (Å²) in [6, 6.07) is 8.69. The second-order valence-corrected chi connectivity index (χ2v) is 8.61. The number of nitrogens with zero attached hydrogens (tertiary/aromatic N) is 1. The molecule has 1 aromatic carbocycles. The van der Waals surface area contributed by atoms with Crippen LogP contribution in [0.25, 0.3) is 0 Å². The van der Waals surface area contributed by atoms with E-state index >= 15 is 0 Å². The monoisotopic (exact) mass is 486 g/mol. The molecule has 0 aliphatic heterocycles. The number of nitrogens with one attached hydrogen (secondary N) is 1. The molecule has 35 heavy (non-hydrogen) atoms. The zero-order valence-electron chi connectivity index (χ0n) is 21.3. The lowest BCUT2D eigenvalue weighted by Crippen LogP contribution is -2.42. The number of aromatic nitrogens is 1. The maximum absolute atomic E-state index is 12.9. The molecule has 3 atom stereocenters. The Kier molecular flexibility index (Phi) is 10.1. The minimum Gasteiger partial charge on any atom is -0.493 e. The number of hydrogen-bond acceptors (Lipinski definition) is 8. The number of aryl methyl sites for hydroxylation is 1. The van der Waals surface area contributed by atoms with Crippen LogP contribution in [0.2, 0.25) is 0 Å². The first-order valence-corrected chi connectivity index (χ1v) is 11.4. The van der Waals surface area contributed by atoms with Crippen molar-refractivity contribution >= 4 is 17.8 Å². The fraction of sp³-hybridized carbons (Fsp3) is 0.462. The molecule has 0 saturated carbocycles. The first-order chi connectivity index (χ1) is 16.5. The molecule has 1 amide bonds. The predicted molar refractivity (Wildman–Crippen MR) is 129 cm³/mol. The smallest absolute Gasteiger partial charge is 0.328 e.